The molecule has 9 heteroatoms. The Morgan fingerprint density at radius 2 is 1.62 bits per heavy atom. The Morgan fingerprint density at radius 1 is 0.938 bits per heavy atom. The zero-order chi connectivity index (χ0) is 23.1. The second-order valence-electron chi connectivity index (χ2n) is 7.26. The molecule has 32 heavy (non-hydrogen) atoms. The number of hydrogen-bond donors (Lipinski definition) is 1. The van der Waals surface area contributed by atoms with E-state index in [4.69, 9.17) is 14.2 Å². The van der Waals surface area contributed by atoms with Crippen LogP contribution < -0.4 is 19.5 Å². The first kappa shape index (κ1) is 23.6. The molecule has 0 spiro atoms. The first-order valence-electron chi connectivity index (χ1n) is 10.3. The number of nitrogens with zero attached hydrogens (tertiary/aromatic N) is 1. The van der Waals surface area contributed by atoms with Crippen LogP contribution in [0.2, 0.25) is 0 Å². The lowest BCUT2D eigenvalue weighted by atomic mass is 10.2. The molecule has 0 aromatic heterocycles. The number of nitrogens with one attached hydrogen (secondary N) is 1. The standard InChI is InChI=1S/C23H28N2O6S/c1-29-18-9-11-20(30-2)19(16-18)24-23(26)12-8-17-7-10-21(31-3)22(15-17)32(27,28)25-13-5-4-6-14-25/h7-12,15-16H,4-6,13-14H2,1-3H3,(H,24,26)/b12-8+. The lowest BCUT2D eigenvalue weighted by molar-refractivity contribution is -0.111. The number of rotatable bonds is 8. The van der Waals surface area contributed by atoms with Gasteiger partial charge in [0.15, 0.2) is 0 Å². The van der Waals surface area contributed by atoms with Crippen LogP contribution in [0.1, 0.15) is 24.8 Å². The van der Waals surface area contributed by atoms with Gasteiger partial charge in [-0.25, -0.2) is 8.42 Å². The molecule has 2 aromatic carbocycles. The number of piperidine rings is 1. The second-order valence-corrected chi connectivity index (χ2v) is 9.17. The Hall–Kier alpha value is -3.04. The molecule has 3 rings (SSSR count). The number of methoxy groups -OCH3 is 3. The van der Waals surface area contributed by atoms with Crippen LogP contribution in [0.5, 0.6) is 17.2 Å². The smallest absolute Gasteiger partial charge is 0.248 e. The molecule has 1 heterocycles. The average molecular weight is 461 g/mol. The number of carbonyl (C=O) groups excluding carboxylic acids is 1. The Bertz CT molecular complexity index is 1090. The first-order chi connectivity index (χ1) is 15.4. The van der Waals surface area contributed by atoms with E-state index >= 15 is 0 Å². The van der Waals surface area contributed by atoms with E-state index in [1.54, 1.807) is 36.4 Å². The molecule has 0 radical (unpaired) electrons. The summed E-state index contributed by atoms with van der Waals surface area (Å²) in [6, 6.07) is 9.90. The molecular formula is C23H28N2O6S. The third-order valence-corrected chi connectivity index (χ3v) is 7.13. The number of sulfonamides is 1. The van der Waals surface area contributed by atoms with Crippen LogP contribution >= 0.6 is 0 Å². The normalized spacial score (nSPS) is 14.8. The fourth-order valence-corrected chi connectivity index (χ4v) is 5.21. The van der Waals surface area contributed by atoms with E-state index in [1.165, 1.54) is 37.8 Å². The van der Waals surface area contributed by atoms with E-state index in [1.807, 2.05) is 0 Å². The number of anilines is 1. The van der Waals surface area contributed by atoms with E-state index in [9.17, 15) is 13.2 Å². The molecule has 1 amide bonds. The van der Waals surface area contributed by atoms with Gasteiger partial charge in [0, 0.05) is 25.2 Å². The van der Waals surface area contributed by atoms with Gasteiger partial charge in [-0.2, -0.15) is 4.31 Å². The Kier molecular flexibility index (Phi) is 7.76. The molecule has 8 nitrogen and oxygen atoms in total. The summed E-state index contributed by atoms with van der Waals surface area (Å²) in [6.07, 6.45) is 5.60. The summed E-state index contributed by atoms with van der Waals surface area (Å²) >= 11 is 0. The zero-order valence-corrected chi connectivity index (χ0v) is 19.3. The minimum Gasteiger partial charge on any atom is -0.497 e. The minimum absolute atomic E-state index is 0.0962. The zero-order valence-electron chi connectivity index (χ0n) is 18.5. The third kappa shape index (κ3) is 5.41. The fraction of sp³-hybridized carbons (Fsp3) is 0.348. The fourth-order valence-electron chi connectivity index (χ4n) is 3.50. The molecule has 0 atom stereocenters. The Morgan fingerprint density at radius 3 is 2.28 bits per heavy atom. The molecule has 0 saturated carbocycles. The van der Waals surface area contributed by atoms with Gasteiger partial charge in [-0.05, 0) is 48.7 Å². The number of hydrogen-bond acceptors (Lipinski definition) is 6. The summed E-state index contributed by atoms with van der Waals surface area (Å²) in [7, 11) is 0.795. The molecule has 0 aliphatic carbocycles. The van der Waals surface area contributed by atoms with Gasteiger partial charge < -0.3 is 19.5 Å². The quantitative estimate of drug-likeness (QED) is 0.606. The highest BCUT2D eigenvalue weighted by molar-refractivity contribution is 7.89. The van der Waals surface area contributed by atoms with E-state index in [-0.39, 0.29) is 10.6 Å². The highest BCUT2D eigenvalue weighted by Gasteiger charge is 2.29. The largest absolute Gasteiger partial charge is 0.497 e. The molecular weight excluding hydrogens is 432 g/mol. The van der Waals surface area contributed by atoms with E-state index in [2.05, 4.69) is 5.32 Å². The van der Waals surface area contributed by atoms with Gasteiger partial charge in [0.2, 0.25) is 15.9 Å². The molecule has 1 saturated heterocycles. The van der Waals surface area contributed by atoms with Gasteiger partial charge in [0.1, 0.15) is 22.1 Å². The Balaban J connectivity index is 1.82. The lowest BCUT2D eigenvalue weighted by Gasteiger charge is -2.26. The predicted molar refractivity (Wildman–Crippen MR) is 123 cm³/mol. The van der Waals surface area contributed by atoms with Crippen molar-refractivity contribution < 1.29 is 27.4 Å². The van der Waals surface area contributed by atoms with Crippen molar-refractivity contribution in [3.63, 3.8) is 0 Å². The summed E-state index contributed by atoms with van der Waals surface area (Å²) in [5, 5.41) is 2.74. The maximum absolute atomic E-state index is 13.1. The SMILES string of the molecule is COc1ccc(OC)c(NC(=O)/C=C/c2ccc(OC)c(S(=O)(=O)N3CCCCC3)c2)c1. The topological polar surface area (TPSA) is 94.2 Å². The number of carbonyl (C=O) groups is 1. The van der Waals surface area contributed by atoms with Crippen LogP contribution in [-0.2, 0) is 14.8 Å². The van der Waals surface area contributed by atoms with Crippen molar-refractivity contribution >= 4 is 27.7 Å². The van der Waals surface area contributed by atoms with Crippen molar-refractivity contribution in [3.05, 3.63) is 48.0 Å². The van der Waals surface area contributed by atoms with E-state index < -0.39 is 15.9 Å². The summed E-state index contributed by atoms with van der Waals surface area (Å²) < 4.78 is 43.5. The molecule has 1 fully saturated rings. The van der Waals surface area contributed by atoms with Gasteiger partial charge in [0.25, 0.3) is 0 Å². The molecule has 0 bridgehead atoms. The van der Waals surface area contributed by atoms with Crippen LogP contribution in [0.4, 0.5) is 5.69 Å². The van der Waals surface area contributed by atoms with Crippen molar-refractivity contribution in [1.29, 1.82) is 0 Å². The third-order valence-electron chi connectivity index (χ3n) is 5.21. The van der Waals surface area contributed by atoms with Gasteiger partial charge in [-0.3, -0.25) is 4.79 Å². The number of amides is 1. The maximum Gasteiger partial charge on any atom is 0.248 e. The van der Waals surface area contributed by atoms with Crippen LogP contribution in [0, 0.1) is 0 Å². The molecule has 172 valence electrons. The van der Waals surface area contributed by atoms with Crippen molar-refractivity contribution in [2.45, 2.75) is 24.2 Å². The summed E-state index contributed by atoms with van der Waals surface area (Å²) in [5.41, 5.74) is 1.03. The number of benzene rings is 2. The maximum atomic E-state index is 13.1. The first-order valence-corrected chi connectivity index (χ1v) is 11.7. The Labute approximate surface area is 188 Å². The molecule has 2 aromatic rings. The van der Waals surface area contributed by atoms with Crippen molar-refractivity contribution in [2.24, 2.45) is 0 Å². The molecule has 0 unspecified atom stereocenters. The van der Waals surface area contributed by atoms with E-state index in [0.717, 1.165) is 19.3 Å². The summed E-state index contributed by atoms with van der Waals surface area (Å²) in [4.78, 5) is 12.6. The van der Waals surface area contributed by atoms with Crippen molar-refractivity contribution in [2.75, 3.05) is 39.7 Å². The monoisotopic (exact) mass is 460 g/mol. The van der Waals surface area contributed by atoms with Gasteiger partial charge in [0.05, 0.1) is 27.0 Å². The van der Waals surface area contributed by atoms with Gasteiger partial charge in [-0.15, -0.1) is 0 Å². The number of ether oxygens (including phenoxy) is 3. The van der Waals surface area contributed by atoms with E-state index in [0.29, 0.717) is 35.8 Å². The van der Waals surface area contributed by atoms with Crippen LogP contribution in [0.25, 0.3) is 6.08 Å². The highest BCUT2D eigenvalue weighted by atomic mass is 32.2. The highest BCUT2D eigenvalue weighted by Crippen LogP contribution is 2.31. The van der Waals surface area contributed by atoms with Crippen LogP contribution in [0.15, 0.2) is 47.4 Å². The van der Waals surface area contributed by atoms with Crippen molar-refractivity contribution in [1.82, 2.24) is 4.31 Å². The van der Waals surface area contributed by atoms with Crippen LogP contribution in [-0.4, -0.2) is 53.0 Å². The van der Waals surface area contributed by atoms with Crippen LogP contribution in [0.3, 0.4) is 0 Å². The lowest BCUT2D eigenvalue weighted by Crippen LogP contribution is -2.35. The second kappa shape index (κ2) is 10.5. The van der Waals surface area contributed by atoms with Crippen molar-refractivity contribution in [3.8, 4) is 17.2 Å². The summed E-state index contributed by atoms with van der Waals surface area (Å²) in [6.45, 7) is 0.993. The molecule has 1 N–H and O–H groups in total. The van der Waals surface area contributed by atoms with Gasteiger partial charge in [-0.1, -0.05) is 12.5 Å². The summed E-state index contributed by atoms with van der Waals surface area (Å²) in [5.74, 6) is 0.950. The minimum atomic E-state index is -3.69. The average Bonchev–Trinajstić information content (AvgIpc) is 2.83. The predicted octanol–water partition coefficient (Wildman–Crippen LogP) is 3.54. The van der Waals surface area contributed by atoms with Gasteiger partial charge >= 0.3 is 0 Å². The molecule has 1 aliphatic heterocycles. The molecule has 1 aliphatic rings.